The minimum Gasteiger partial charge on any atom is -0.295 e. The molecular formula is C14H7Cl2NO3S. The molecule has 0 aliphatic carbocycles. The van der Waals surface area contributed by atoms with Crippen LogP contribution in [0.1, 0.15) is 20.0 Å². The summed E-state index contributed by atoms with van der Waals surface area (Å²) >= 11 is 13.0. The average molecular weight is 340 g/mol. The molecule has 0 saturated carbocycles. The molecule has 1 aromatic carbocycles. The molecule has 2 aromatic rings. The van der Waals surface area contributed by atoms with Crippen molar-refractivity contribution in [1.29, 1.82) is 0 Å². The largest absolute Gasteiger partial charge is 0.299 e. The lowest BCUT2D eigenvalue weighted by Crippen LogP contribution is -2.34. The molecule has 1 aliphatic rings. The van der Waals surface area contributed by atoms with Gasteiger partial charge < -0.3 is 0 Å². The van der Waals surface area contributed by atoms with Gasteiger partial charge in [0.1, 0.15) is 0 Å². The van der Waals surface area contributed by atoms with Gasteiger partial charge in [0.25, 0.3) is 11.7 Å². The molecular weight excluding hydrogens is 333 g/mol. The summed E-state index contributed by atoms with van der Waals surface area (Å²) in [6.07, 6.45) is 0. The molecule has 3 rings (SSSR count). The molecule has 0 fully saturated rings. The topological polar surface area (TPSA) is 54.5 Å². The van der Waals surface area contributed by atoms with E-state index in [1.807, 2.05) is 0 Å². The summed E-state index contributed by atoms with van der Waals surface area (Å²) in [4.78, 5) is 37.7. The van der Waals surface area contributed by atoms with Gasteiger partial charge in [-0.15, -0.1) is 11.3 Å². The van der Waals surface area contributed by atoms with Crippen molar-refractivity contribution in [3.63, 3.8) is 0 Å². The molecule has 0 atom stereocenters. The van der Waals surface area contributed by atoms with E-state index in [-0.39, 0.29) is 22.9 Å². The maximum Gasteiger partial charge on any atom is 0.299 e. The van der Waals surface area contributed by atoms with E-state index in [1.165, 1.54) is 6.07 Å². The number of nitrogens with zero attached hydrogens (tertiary/aromatic N) is 1. The van der Waals surface area contributed by atoms with E-state index < -0.39 is 11.7 Å². The highest BCUT2D eigenvalue weighted by Gasteiger charge is 2.38. The number of anilines is 1. The zero-order valence-electron chi connectivity index (χ0n) is 10.4. The number of Topliss-reactive ketones (excluding diaryl/α,β-unsaturated/α-hetero) is 2. The highest BCUT2D eigenvalue weighted by molar-refractivity contribution is 7.18. The monoisotopic (exact) mass is 339 g/mol. The second-order valence-electron chi connectivity index (χ2n) is 4.38. The van der Waals surface area contributed by atoms with Gasteiger partial charge in [-0.05, 0) is 24.3 Å². The van der Waals surface area contributed by atoms with Crippen molar-refractivity contribution in [2.75, 3.05) is 11.4 Å². The second-order valence-corrected chi connectivity index (χ2v) is 6.51. The number of rotatable bonds is 3. The van der Waals surface area contributed by atoms with Gasteiger partial charge in [-0.3, -0.25) is 19.3 Å². The van der Waals surface area contributed by atoms with Crippen LogP contribution in [-0.2, 0) is 4.79 Å². The Labute approximate surface area is 133 Å². The Morgan fingerprint density at radius 3 is 2.57 bits per heavy atom. The lowest BCUT2D eigenvalue weighted by Gasteiger charge is -2.16. The van der Waals surface area contributed by atoms with Crippen molar-refractivity contribution in [1.82, 2.24) is 0 Å². The van der Waals surface area contributed by atoms with Crippen molar-refractivity contribution in [2.24, 2.45) is 0 Å². The first kappa shape index (κ1) is 14.3. The SMILES string of the molecule is O=C(CN1C(=O)C(=O)c2cccc(Cl)c21)c1ccc(Cl)s1. The summed E-state index contributed by atoms with van der Waals surface area (Å²) in [6, 6.07) is 7.89. The first-order valence-corrected chi connectivity index (χ1v) is 7.49. The highest BCUT2D eigenvalue weighted by Crippen LogP contribution is 2.36. The zero-order chi connectivity index (χ0) is 15.1. The van der Waals surface area contributed by atoms with Gasteiger partial charge in [0, 0.05) is 0 Å². The third-order valence-electron chi connectivity index (χ3n) is 3.09. The fourth-order valence-corrected chi connectivity index (χ4v) is 3.40. The van der Waals surface area contributed by atoms with Crippen LogP contribution in [0.4, 0.5) is 5.69 Å². The summed E-state index contributed by atoms with van der Waals surface area (Å²) in [5.74, 6) is -1.68. The van der Waals surface area contributed by atoms with Gasteiger partial charge in [0.2, 0.25) is 0 Å². The normalized spacial score (nSPS) is 13.7. The van der Waals surface area contributed by atoms with Gasteiger partial charge in [0.05, 0.1) is 32.0 Å². The molecule has 106 valence electrons. The van der Waals surface area contributed by atoms with E-state index in [9.17, 15) is 14.4 Å². The van der Waals surface area contributed by atoms with Crippen LogP contribution in [0.5, 0.6) is 0 Å². The van der Waals surface area contributed by atoms with Crippen LogP contribution in [0.3, 0.4) is 0 Å². The molecule has 0 spiro atoms. The van der Waals surface area contributed by atoms with Gasteiger partial charge in [-0.2, -0.15) is 0 Å². The Morgan fingerprint density at radius 2 is 1.90 bits per heavy atom. The lowest BCUT2D eigenvalue weighted by molar-refractivity contribution is -0.114. The van der Waals surface area contributed by atoms with E-state index in [0.717, 1.165) is 16.2 Å². The minimum absolute atomic E-state index is 0.226. The molecule has 21 heavy (non-hydrogen) atoms. The molecule has 7 heteroatoms. The third-order valence-corrected chi connectivity index (χ3v) is 4.67. The number of para-hydroxylation sites is 1. The average Bonchev–Trinajstić information content (AvgIpc) is 2.98. The molecule has 2 heterocycles. The van der Waals surface area contributed by atoms with Crippen molar-refractivity contribution < 1.29 is 14.4 Å². The van der Waals surface area contributed by atoms with E-state index in [2.05, 4.69) is 0 Å². The van der Waals surface area contributed by atoms with Gasteiger partial charge in [-0.25, -0.2) is 0 Å². The van der Waals surface area contributed by atoms with E-state index >= 15 is 0 Å². The summed E-state index contributed by atoms with van der Waals surface area (Å²) in [5, 5.41) is 0.267. The van der Waals surface area contributed by atoms with E-state index in [1.54, 1.807) is 24.3 Å². The Hall–Kier alpha value is -1.69. The molecule has 1 aromatic heterocycles. The molecule has 0 radical (unpaired) electrons. The van der Waals surface area contributed by atoms with Crippen molar-refractivity contribution >= 4 is 57.7 Å². The van der Waals surface area contributed by atoms with Crippen LogP contribution in [0.15, 0.2) is 30.3 Å². The number of hydrogen-bond donors (Lipinski definition) is 0. The Balaban J connectivity index is 1.95. The van der Waals surface area contributed by atoms with Crippen molar-refractivity contribution in [2.45, 2.75) is 0 Å². The lowest BCUT2D eigenvalue weighted by atomic mass is 10.1. The quantitative estimate of drug-likeness (QED) is 0.635. The van der Waals surface area contributed by atoms with Crippen LogP contribution < -0.4 is 4.90 Å². The van der Waals surface area contributed by atoms with Gasteiger partial charge >= 0.3 is 0 Å². The Morgan fingerprint density at radius 1 is 1.14 bits per heavy atom. The Kier molecular flexibility index (Phi) is 3.57. The standard InChI is InChI=1S/C14H7Cl2NO3S/c15-8-3-1-2-7-12(8)17(14(20)13(7)19)6-9(18)10-4-5-11(16)21-10/h1-5H,6H2. The highest BCUT2D eigenvalue weighted by atomic mass is 35.5. The van der Waals surface area contributed by atoms with E-state index in [4.69, 9.17) is 23.2 Å². The molecule has 1 amide bonds. The van der Waals surface area contributed by atoms with Crippen LogP contribution >= 0.6 is 34.5 Å². The van der Waals surface area contributed by atoms with E-state index in [0.29, 0.717) is 14.9 Å². The molecule has 0 N–H and O–H groups in total. The van der Waals surface area contributed by atoms with Crippen LogP contribution in [-0.4, -0.2) is 24.0 Å². The number of carbonyl (C=O) groups excluding carboxylic acids is 3. The van der Waals surface area contributed by atoms with Crippen LogP contribution in [0, 0.1) is 0 Å². The Bertz CT molecular complexity index is 784. The van der Waals surface area contributed by atoms with Crippen molar-refractivity contribution in [3.05, 3.63) is 50.1 Å². The van der Waals surface area contributed by atoms with Crippen molar-refractivity contribution in [3.8, 4) is 0 Å². The predicted molar refractivity (Wildman–Crippen MR) is 81.8 cm³/mol. The maximum atomic E-state index is 12.2. The van der Waals surface area contributed by atoms with Gasteiger partial charge in [0.15, 0.2) is 5.78 Å². The number of fused-ring (bicyclic) bond motifs is 1. The first-order chi connectivity index (χ1) is 9.99. The zero-order valence-corrected chi connectivity index (χ0v) is 12.8. The predicted octanol–water partition coefficient (Wildman–Crippen LogP) is 3.47. The molecule has 1 aliphatic heterocycles. The van der Waals surface area contributed by atoms with Gasteiger partial charge in [-0.1, -0.05) is 29.3 Å². The maximum absolute atomic E-state index is 12.2. The molecule has 4 nitrogen and oxygen atoms in total. The number of thiophene rings is 1. The molecule has 0 bridgehead atoms. The molecule has 0 unspecified atom stereocenters. The number of ketones is 2. The fraction of sp³-hybridized carbons (Fsp3) is 0.0714. The summed E-state index contributed by atoms with van der Waals surface area (Å²) < 4.78 is 0.487. The number of hydrogen-bond acceptors (Lipinski definition) is 4. The number of carbonyl (C=O) groups is 3. The number of benzene rings is 1. The molecule has 0 saturated heterocycles. The summed E-state index contributed by atoms with van der Waals surface area (Å²) in [7, 11) is 0. The minimum atomic E-state index is -0.742. The number of halogens is 2. The third kappa shape index (κ3) is 2.37. The smallest absolute Gasteiger partial charge is 0.295 e. The second kappa shape index (κ2) is 5.26. The first-order valence-electron chi connectivity index (χ1n) is 5.92. The summed E-state index contributed by atoms with van der Waals surface area (Å²) in [5.41, 5.74) is 0.523. The number of amides is 1. The summed E-state index contributed by atoms with van der Waals surface area (Å²) in [6.45, 7) is -0.238. The fourth-order valence-electron chi connectivity index (χ4n) is 2.15. The van der Waals surface area contributed by atoms with Crippen LogP contribution in [0.2, 0.25) is 9.36 Å². The van der Waals surface area contributed by atoms with Crippen LogP contribution in [0.25, 0.3) is 0 Å².